The first-order valence-corrected chi connectivity index (χ1v) is 6.49. The van der Waals surface area contributed by atoms with E-state index in [0.29, 0.717) is 12.1 Å². The highest BCUT2D eigenvalue weighted by Crippen LogP contribution is 2.11. The Morgan fingerprint density at radius 3 is 2.81 bits per heavy atom. The molecule has 0 aliphatic carbocycles. The molecule has 4 heteroatoms. The summed E-state index contributed by atoms with van der Waals surface area (Å²) in [5, 5.41) is 2.89. The maximum atomic E-state index is 11.7. The Morgan fingerprint density at radius 1 is 1.44 bits per heavy atom. The van der Waals surface area contributed by atoms with Gasteiger partial charge in [-0.1, -0.05) is 0 Å². The number of amides is 1. The van der Waals surface area contributed by atoms with E-state index in [-0.39, 0.29) is 12.0 Å². The first-order chi connectivity index (χ1) is 7.75. The molecule has 1 aromatic carbocycles. The van der Waals surface area contributed by atoms with Crippen LogP contribution < -0.4 is 5.32 Å². The fraction of sp³-hybridized carbons (Fsp3) is 0.417. The molecule has 1 aromatic rings. The molecule has 0 saturated carbocycles. The van der Waals surface area contributed by atoms with Crippen LogP contribution in [0.1, 0.15) is 23.2 Å². The van der Waals surface area contributed by atoms with E-state index in [0.717, 1.165) is 23.0 Å². The quantitative estimate of drug-likeness (QED) is 0.863. The maximum Gasteiger partial charge on any atom is 0.251 e. The van der Waals surface area contributed by atoms with Crippen LogP contribution in [0.5, 0.6) is 0 Å². The van der Waals surface area contributed by atoms with E-state index in [2.05, 4.69) is 27.9 Å². The highest BCUT2D eigenvalue weighted by molar-refractivity contribution is 14.1. The van der Waals surface area contributed by atoms with Gasteiger partial charge < -0.3 is 10.1 Å². The van der Waals surface area contributed by atoms with Crippen LogP contribution in [-0.4, -0.2) is 25.2 Å². The van der Waals surface area contributed by atoms with E-state index in [9.17, 15) is 4.79 Å². The average molecular weight is 331 g/mol. The number of hydrogen-bond donors (Lipinski definition) is 1. The van der Waals surface area contributed by atoms with E-state index in [1.54, 1.807) is 0 Å². The summed E-state index contributed by atoms with van der Waals surface area (Å²) in [6.07, 6.45) is 2.35. The molecule has 86 valence electrons. The fourth-order valence-corrected chi connectivity index (χ4v) is 2.07. The van der Waals surface area contributed by atoms with Gasteiger partial charge in [0, 0.05) is 22.3 Å². The van der Waals surface area contributed by atoms with Crippen molar-refractivity contribution in [3.05, 3.63) is 33.4 Å². The lowest BCUT2D eigenvalue weighted by Gasteiger charge is -2.10. The van der Waals surface area contributed by atoms with Crippen molar-refractivity contribution in [2.24, 2.45) is 0 Å². The molecule has 1 fully saturated rings. The summed E-state index contributed by atoms with van der Waals surface area (Å²) >= 11 is 2.22. The SMILES string of the molecule is O=C(NC[C@H]1CCCO1)c1ccc(I)cc1. The van der Waals surface area contributed by atoms with Crippen LogP contribution >= 0.6 is 22.6 Å². The van der Waals surface area contributed by atoms with Crippen molar-refractivity contribution in [3.8, 4) is 0 Å². The molecule has 1 saturated heterocycles. The van der Waals surface area contributed by atoms with Gasteiger partial charge in [-0.3, -0.25) is 4.79 Å². The second-order valence-corrected chi connectivity index (χ2v) is 5.10. The van der Waals surface area contributed by atoms with Crippen molar-refractivity contribution in [2.75, 3.05) is 13.2 Å². The monoisotopic (exact) mass is 331 g/mol. The average Bonchev–Trinajstić information content (AvgIpc) is 2.80. The standard InChI is InChI=1S/C12H14INO2/c13-10-5-3-9(4-6-10)12(15)14-8-11-2-1-7-16-11/h3-6,11H,1-2,7-8H2,(H,14,15)/t11-/m1/s1. The first-order valence-electron chi connectivity index (χ1n) is 5.41. The van der Waals surface area contributed by atoms with Crippen LogP contribution in [0.4, 0.5) is 0 Å². The zero-order chi connectivity index (χ0) is 11.4. The minimum Gasteiger partial charge on any atom is -0.376 e. The van der Waals surface area contributed by atoms with Gasteiger partial charge in [-0.15, -0.1) is 0 Å². The molecule has 1 aliphatic rings. The van der Waals surface area contributed by atoms with Gasteiger partial charge >= 0.3 is 0 Å². The van der Waals surface area contributed by atoms with Crippen molar-refractivity contribution >= 4 is 28.5 Å². The Labute approximate surface area is 109 Å². The summed E-state index contributed by atoms with van der Waals surface area (Å²) in [7, 11) is 0. The molecular formula is C12H14INO2. The molecule has 0 aromatic heterocycles. The van der Waals surface area contributed by atoms with Crippen LogP contribution in [0.25, 0.3) is 0 Å². The highest BCUT2D eigenvalue weighted by atomic mass is 127. The lowest BCUT2D eigenvalue weighted by atomic mass is 10.2. The number of benzene rings is 1. The molecule has 1 atom stereocenters. The molecule has 1 heterocycles. The number of nitrogens with one attached hydrogen (secondary N) is 1. The third-order valence-corrected chi connectivity index (χ3v) is 3.34. The molecule has 2 rings (SSSR count). The number of hydrogen-bond acceptors (Lipinski definition) is 2. The van der Waals surface area contributed by atoms with E-state index in [1.165, 1.54) is 0 Å². The number of carbonyl (C=O) groups excluding carboxylic acids is 1. The molecular weight excluding hydrogens is 317 g/mol. The topological polar surface area (TPSA) is 38.3 Å². The van der Waals surface area contributed by atoms with Crippen LogP contribution in [0.3, 0.4) is 0 Å². The summed E-state index contributed by atoms with van der Waals surface area (Å²) in [6, 6.07) is 7.54. The number of ether oxygens (including phenoxy) is 1. The minimum absolute atomic E-state index is 0.0214. The van der Waals surface area contributed by atoms with Gasteiger partial charge in [0.1, 0.15) is 0 Å². The van der Waals surface area contributed by atoms with Crippen LogP contribution in [-0.2, 0) is 4.74 Å². The Balaban J connectivity index is 1.85. The molecule has 0 spiro atoms. The van der Waals surface area contributed by atoms with Crippen molar-refractivity contribution in [2.45, 2.75) is 18.9 Å². The minimum atomic E-state index is -0.0214. The number of halogens is 1. The van der Waals surface area contributed by atoms with Gasteiger partial charge in [0.15, 0.2) is 0 Å². The predicted octanol–water partition coefficient (Wildman–Crippen LogP) is 2.20. The van der Waals surface area contributed by atoms with Gasteiger partial charge in [0.25, 0.3) is 5.91 Å². The molecule has 1 N–H and O–H groups in total. The molecule has 1 amide bonds. The molecule has 0 bridgehead atoms. The van der Waals surface area contributed by atoms with Gasteiger partial charge in [-0.25, -0.2) is 0 Å². The predicted molar refractivity (Wildman–Crippen MR) is 70.5 cm³/mol. The maximum absolute atomic E-state index is 11.7. The summed E-state index contributed by atoms with van der Waals surface area (Å²) in [4.78, 5) is 11.7. The molecule has 16 heavy (non-hydrogen) atoms. The summed E-state index contributed by atoms with van der Waals surface area (Å²) < 4.78 is 6.58. The van der Waals surface area contributed by atoms with E-state index < -0.39 is 0 Å². The summed E-state index contributed by atoms with van der Waals surface area (Å²) in [6.45, 7) is 1.44. The smallest absolute Gasteiger partial charge is 0.251 e. The third-order valence-electron chi connectivity index (χ3n) is 2.62. The van der Waals surface area contributed by atoms with Crippen molar-refractivity contribution in [1.82, 2.24) is 5.32 Å². The zero-order valence-corrected chi connectivity index (χ0v) is 11.1. The van der Waals surface area contributed by atoms with Gasteiger partial charge in [-0.05, 0) is 59.7 Å². The third kappa shape index (κ3) is 3.18. The second kappa shape index (κ2) is 5.63. The Hall–Kier alpha value is -0.620. The van der Waals surface area contributed by atoms with E-state index >= 15 is 0 Å². The molecule has 0 unspecified atom stereocenters. The number of carbonyl (C=O) groups is 1. The highest BCUT2D eigenvalue weighted by Gasteiger charge is 2.16. The molecule has 0 radical (unpaired) electrons. The van der Waals surface area contributed by atoms with Gasteiger partial charge in [0.2, 0.25) is 0 Å². The van der Waals surface area contributed by atoms with Crippen molar-refractivity contribution < 1.29 is 9.53 Å². The largest absolute Gasteiger partial charge is 0.376 e. The summed E-state index contributed by atoms with van der Waals surface area (Å²) in [5.41, 5.74) is 0.707. The van der Waals surface area contributed by atoms with Crippen LogP contribution in [0.15, 0.2) is 24.3 Å². The molecule has 3 nitrogen and oxygen atoms in total. The van der Waals surface area contributed by atoms with E-state index in [4.69, 9.17) is 4.74 Å². The van der Waals surface area contributed by atoms with Gasteiger partial charge in [-0.2, -0.15) is 0 Å². The lowest BCUT2D eigenvalue weighted by molar-refractivity contribution is 0.0858. The first kappa shape index (κ1) is 11.9. The summed E-state index contributed by atoms with van der Waals surface area (Å²) in [5.74, 6) is -0.0214. The van der Waals surface area contributed by atoms with E-state index in [1.807, 2.05) is 24.3 Å². The van der Waals surface area contributed by atoms with Gasteiger partial charge in [0.05, 0.1) is 6.10 Å². The Kier molecular flexibility index (Phi) is 4.17. The van der Waals surface area contributed by atoms with Crippen molar-refractivity contribution in [1.29, 1.82) is 0 Å². The van der Waals surface area contributed by atoms with Crippen LogP contribution in [0.2, 0.25) is 0 Å². The lowest BCUT2D eigenvalue weighted by Crippen LogP contribution is -2.31. The number of rotatable bonds is 3. The Bertz CT molecular complexity index is 358. The zero-order valence-electron chi connectivity index (χ0n) is 8.91. The fourth-order valence-electron chi connectivity index (χ4n) is 1.72. The normalized spacial score (nSPS) is 19.7. The second-order valence-electron chi connectivity index (χ2n) is 3.85. The Morgan fingerprint density at radius 2 is 2.19 bits per heavy atom. The van der Waals surface area contributed by atoms with Crippen LogP contribution in [0, 0.1) is 3.57 Å². The molecule has 1 aliphatic heterocycles. The van der Waals surface area contributed by atoms with Crippen molar-refractivity contribution in [3.63, 3.8) is 0 Å².